The summed E-state index contributed by atoms with van der Waals surface area (Å²) in [4.78, 5) is 6.68. The molecular weight excluding hydrogens is 184 g/mol. The Balaban J connectivity index is 1.88. The molecule has 1 aromatic heterocycles. The van der Waals surface area contributed by atoms with Crippen LogP contribution >= 0.6 is 0 Å². The third-order valence-electron chi connectivity index (χ3n) is 3.34. The smallest absolute Gasteiger partial charge is 0.0312 e. The molecule has 0 aromatic carbocycles. The van der Waals surface area contributed by atoms with Gasteiger partial charge in [-0.1, -0.05) is 19.9 Å². The number of likely N-dealkylation sites (tertiary alicyclic amines) is 1. The number of nitrogens with zero attached hydrogens (tertiary/aromatic N) is 2. The van der Waals surface area contributed by atoms with E-state index in [-0.39, 0.29) is 0 Å². The maximum atomic E-state index is 4.15. The normalized spacial score (nSPS) is 21.5. The second-order valence-electron chi connectivity index (χ2n) is 5.30. The van der Waals surface area contributed by atoms with E-state index in [9.17, 15) is 0 Å². The first-order valence-electron chi connectivity index (χ1n) is 5.77. The van der Waals surface area contributed by atoms with Gasteiger partial charge in [0.2, 0.25) is 0 Å². The lowest BCUT2D eigenvalue weighted by Crippen LogP contribution is -2.36. The lowest BCUT2D eigenvalue weighted by Gasteiger charge is -2.36. The first kappa shape index (κ1) is 10.6. The number of hydrogen-bond acceptors (Lipinski definition) is 2. The Labute approximate surface area is 92.3 Å². The molecule has 15 heavy (non-hydrogen) atoms. The monoisotopic (exact) mass is 204 g/mol. The van der Waals surface area contributed by atoms with Crippen LogP contribution in [0.2, 0.25) is 0 Å². The van der Waals surface area contributed by atoms with E-state index in [1.165, 1.54) is 31.5 Å². The molecule has 1 aromatic rings. The molecule has 2 nitrogen and oxygen atoms in total. The van der Waals surface area contributed by atoms with Crippen molar-refractivity contribution < 1.29 is 0 Å². The molecule has 0 N–H and O–H groups in total. The van der Waals surface area contributed by atoms with Crippen molar-refractivity contribution in [2.75, 3.05) is 13.1 Å². The molecule has 0 atom stereocenters. The molecule has 82 valence electrons. The summed E-state index contributed by atoms with van der Waals surface area (Å²) in [5.74, 6) is 0. The quantitative estimate of drug-likeness (QED) is 0.736. The van der Waals surface area contributed by atoms with E-state index in [0.29, 0.717) is 5.41 Å². The van der Waals surface area contributed by atoms with Gasteiger partial charge >= 0.3 is 0 Å². The number of piperidine rings is 1. The number of pyridine rings is 1. The molecule has 1 aliphatic rings. The van der Waals surface area contributed by atoms with Crippen molar-refractivity contribution in [1.29, 1.82) is 0 Å². The van der Waals surface area contributed by atoms with Crippen LogP contribution in [0.4, 0.5) is 0 Å². The molecule has 0 unspecified atom stereocenters. The van der Waals surface area contributed by atoms with Crippen LogP contribution in [-0.2, 0) is 6.54 Å². The van der Waals surface area contributed by atoms with E-state index < -0.39 is 0 Å². The van der Waals surface area contributed by atoms with Crippen LogP contribution in [0.25, 0.3) is 0 Å². The maximum Gasteiger partial charge on any atom is 0.0312 e. The predicted molar refractivity (Wildman–Crippen MR) is 62.5 cm³/mol. The molecular formula is C13H20N2. The molecule has 0 amide bonds. The molecule has 1 aliphatic heterocycles. The van der Waals surface area contributed by atoms with Crippen molar-refractivity contribution in [2.45, 2.75) is 33.2 Å². The lowest BCUT2D eigenvalue weighted by molar-refractivity contribution is 0.127. The predicted octanol–water partition coefficient (Wildman–Crippen LogP) is 2.70. The summed E-state index contributed by atoms with van der Waals surface area (Å²) in [6.45, 7) is 8.25. The van der Waals surface area contributed by atoms with Gasteiger partial charge in [-0.3, -0.25) is 9.88 Å². The molecule has 0 radical (unpaired) electrons. The van der Waals surface area contributed by atoms with E-state index in [0.717, 1.165) is 6.54 Å². The van der Waals surface area contributed by atoms with Crippen molar-refractivity contribution >= 4 is 0 Å². The number of rotatable bonds is 2. The Morgan fingerprint density at radius 3 is 2.67 bits per heavy atom. The van der Waals surface area contributed by atoms with Gasteiger partial charge in [-0.25, -0.2) is 0 Å². The summed E-state index contributed by atoms with van der Waals surface area (Å²) >= 11 is 0. The van der Waals surface area contributed by atoms with Gasteiger partial charge in [-0.2, -0.15) is 0 Å². The number of hydrogen-bond donors (Lipinski definition) is 0. The molecule has 2 heterocycles. The van der Waals surface area contributed by atoms with Gasteiger partial charge in [0.25, 0.3) is 0 Å². The van der Waals surface area contributed by atoms with Gasteiger partial charge in [-0.05, 0) is 43.0 Å². The molecule has 0 aliphatic carbocycles. The van der Waals surface area contributed by atoms with Crippen LogP contribution in [0.3, 0.4) is 0 Å². The zero-order valence-corrected chi connectivity index (χ0v) is 9.74. The Morgan fingerprint density at radius 2 is 2.07 bits per heavy atom. The minimum Gasteiger partial charge on any atom is -0.299 e. The van der Waals surface area contributed by atoms with Gasteiger partial charge in [0.15, 0.2) is 0 Å². The van der Waals surface area contributed by atoms with Crippen LogP contribution in [-0.4, -0.2) is 23.0 Å². The largest absolute Gasteiger partial charge is 0.299 e. The second kappa shape index (κ2) is 4.31. The molecule has 2 rings (SSSR count). The Kier molecular flexibility index (Phi) is 3.06. The highest BCUT2D eigenvalue weighted by Crippen LogP contribution is 2.30. The fourth-order valence-electron chi connectivity index (χ4n) is 2.07. The van der Waals surface area contributed by atoms with Crippen molar-refractivity contribution in [3.8, 4) is 0 Å². The molecule has 0 spiro atoms. The molecule has 1 fully saturated rings. The van der Waals surface area contributed by atoms with Gasteiger partial charge in [0, 0.05) is 18.9 Å². The van der Waals surface area contributed by atoms with Crippen LogP contribution in [0.1, 0.15) is 32.3 Å². The van der Waals surface area contributed by atoms with E-state index in [1.54, 1.807) is 0 Å². The Hall–Kier alpha value is -0.890. The summed E-state index contributed by atoms with van der Waals surface area (Å²) in [5.41, 5.74) is 1.88. The highest BCUT2D eigenvalue weighted by molar-refractivity contribution is 5.08. The van der Waals surface area contributed by atoms with Crippen LogP contribution < -0.4 is 0 Å². The highest BCUT2D eigenvalue weighted by atomic mass is 15.1. The first-order chi connectivity index (χ1) is 7.16. The number of aromatic nitrogens is 1. The second-order valence-corrected chi connectivity index (χ2v) is 5.30. The molecule has 1 saturated heterocycles. The summed E-state index contributed by atoms with van der Waals surface area (Å²) in [5, 5.41) is 0. The minimum absolute atomic E-state index is 0.547. The molecule has 2 heteroatoms. The maximum absolute atomic E-state index is 4.15. The van der Waals surface area contributed by atoms with Crippen LogP contribution in [0, 0.1) is 5.41 Å². The van der Waals surface area contributed by atoms with E-state index in [2.05, 4.69) is 29.8 Å². The Bertz CT molecular complexity index is 296. The molecule has 0 saturated carbocycles. The van der Waals surface area contributed by atoms with E-state index in [4.69, 9.17) is 0 Å². The zero-order chi connectivity index (χ0) is 10.7. The van der Waals surface area contributed by atoms with Crippen LogP contribution in [0.5, 0.6) is 0 Å². The first-order valence-corrected chi connectivity index (χ1v) is 5.77. The minimum atomic E-state index is 0.547. The van der Waals surface area contributed by atoms with E-state index >= 15 is 0 Å². The summed E-state index contributed by atoms with van der Waals surface area (Å²) < 4.78 is 0. The Morgan fingerprint density at radius 1 is 1.33 bits per heavy atom. The molecule has 0 bridgehead atoms. The lowest BCUT2D eigenvalue weighted by atomic mass is 9.82. The van der Waals surface area contributed by atoms with Gasteiger partial charge in [-0.15, -0.1) is 0 Å². The summed E-state index contributed by atoms with van der Waals surface area (Å²) in [6.07, 6.45) is 6.43. The SMILES string of the molecule is CC1(C)CCN(Cc2cccnc2)CC1. The van der Waals surface area contributed by atoms with Gasteiger partial charge in [0.1, 0.15) is 0 Å². The van der Waals surface area contributed by atoms with Crippen molar-refractivity contribution in [3.05, 3.63) is 30.1 Å². The standard InChI is InChI=1S/C13H20N2/c1-13(2)5-8-15(9-6-13)11-12-4-3-7-14-10-12/h3-4,7,10H,5-6,8-9,11H2,1-2H3. The average molecular weight is 204 g/mol. The zero-order valence-electron chi connectivity index (χ0n) is 9.74. The highest BCUT2D eigenvalue weighted by Gasteiger charge is 2.24. The summed E-state index contributed by atoms with van der Waals surface area (Å²) in [6, 6.07) is 4.18. The van der Waals surface area contributed by atoms with Crippen LogP contribution in [0.15, 0.2) is 24.5 Å². The van der Waals surface area contributed by atoms with Crippen molar-refractivity contribution in [3.63, 3.8) is 0 Å². The third kappa shape index (κ3) is 3.03. The fourth-order valence-corrected chi connectivity index (χ4v) is 2.07. The van der Waals surface area contributed by atoms with Gasteiger partial charge < -0.3 is 0 Å². The van der Waals surface area contributed by atoms with Crippen molar-refractivity contribution in [2.24, 2.45) is 5.41 Å². The average Bonchev–Trinajstić information content (AvgIpc) is 2.23. The fraction of sp³-hybridized carbons (Fsp3) is 0.615. The third-order valence-corrected chi connectivity index (χ3v) is 3.34. The van der Waals surface area contributed by atoms with Crippen molar-refractivity contribution in [1.82, 2.24) is 9.88 Å². The topological polar surface area (TPSA) is 16.1 Å². The van der Waals surface area contributed by atoms with Gasteiger partial charge in [0.05, 0.1) is 0 Å². The van der Waals surface area contributed by atoms with E-state index in [1.807, 2.05) is 18.5 Å². The summed E-state index contributed by atoms with van der Waals surface area (Å²) in [7, 11) is 0.